The van der Waals surface area contributed by atoms with Crippen molar-refractivity contribution in [2.24, 2.45) is 7.05 Å². The molecule has 0 saturated carbocycles. The highest BCUT2D eigenvalue weighted by Gasteiger charge is 2.02. The molecule has 0 aliphatic heterocycles. The first-order valence-corrected chi connectivity index (χ1v) is 6.12. The highest BCUT2D eigenvalue weighted by atomic mass is 16.5. The van der Waals surface area contributed by atoms with Crippen molar-refractivity contribution in [1.82, 2.24) is 4.57 Å². The maximum atomic E-state index is 8.89. The van der Waals surface area contributed by atoms with Crippen LogP contribution < -0.4 is 10.1 Å². The van der Waals surface area contributed by atoms with Gasteiger partial charge in [-0.2, -0.15) is 10.5 Å². The minimum absolute atomic E-state index is 0.0493. The molecule has 0 aliphatic rings. The topological polar surface area (TPSA) is 73.8 Å². The highest BCUT2D eigenvalue weighted by molar-refractivity contribution is 5.47. The first-order valence-electron chi connectivity index (χ1n) is 6.12. The molecule has 0 atom stereocenters. The van der Waals surface area contributed by atoms with E-state index in [1.54, 1.807) is 4.57 Å². The van der Waals surface area contributed by atoms with Crippen LogP contribution in [-0.4, -0.2) is 11.2 Å². The largest absolute Gasteiger partial charge is 0.479 e. The fraction of sp³-hybridized carbons (Fsp3) is 0.200. The van der Waals surface area contributed by atoms with E-state index >= 15 is 0 Å². The molecular formula is C15H14N4O. The van der Waals surface area contributed by atoms with E-state index in [1.165, 1.54) is 0 Å². The molecule has 1 aromatic carbocycles. The third kappa shape index (κ3) is 3.30. The minimum atomic E-state index is 0.0493. The number of nitrogens with zero attached hydrogens (tertiary/aromatic N) is 3. The second-order valence-electron chi connectivity index (χ2n) is 4.28. The van der Waals surface area contributed by atoms with Crippen LogP contribution in [0.2, 0.25) is 0 Å². The summed E-state index contributed by atoms with van der Waals surface area (Å²) in [7, 11) is 1.85. The van der Waals surface area contributed by atoms with Gasteiger partial charge in [0.05, 0.1) is 0 Å². The maximum absolute atomic E-state index is 8.89. The molecule has 0 fully saturated rings. The Kier molecular flexibility index (Phi) is 4.26. The fourth-order valence-electron chi connectivity index (χ4n) is 1.83. The molecule has 2 rings (SSSR count). The van der Waals surface area contributed by atoms with Gasteiger partial charge in [0.1, 0.15) is 23.6 Å². The lowest BCUT2D eigenvalue weighted by atomic mass is 10.2. The smallest absolute Gasteiger partial charge is 0.174 e. The molecule has 5 heteroatoms. The summed E-state index contributed by atoms with van der Waals surface area (Å²) in [6.45, 7) is 0.696. The predicted octanol–water partition coefficient (Wildman–Crippen LogP) is 2.41. The zero-order valence-electron chi connectivity index (χ0n) is 11.1. The van der Waals surface area contributed by atoms with E-state index in [-0.39, 0.29) is 6.61 Å². The number of aromatic nitrogens is 1. The van der Waals surface area contributed by atoms with E-state index in [2.05, 4.69) is 11.4 Å². The van der Waals surface area contributed by atoms with Crippen molar-refractivity contribution in [2.75, 3.05) is 11.9 Å². The van der Waals surface area contributed by atoms with Crippen molar-refractivity contribution in [3.8, 4) is 17.9 Å². The third-order valence-electron chi connectivity index (χ3n) is 2.83. The van der Waals surface area contributed by atoms with Gasteiger partial charge in [-0.25, -0.2) is 0 Å². The zero-order valence-corrected chi connectivity index (χ0v) is 11.1. The average Bonchev–Trinajstić information content (AvgIpc) is 2.84. The van der Waals surface area contributed by atoms with Crippen molar-refractivity contribution < 1.29 is 4.74 Å². The van der Waals surface area contributed by atoms with Gasteiger partial charge in [-0.1, -0.05) is 0 Å². The van der Waals surface area contributed by atoms with E-state index in [0.717, 1.165) is 11.3 Å². The highest BCUT2D eigenvalue weighted by Crippen LogP contribution is 2.16. The molecule has 1 aromatic heterocycles. The number of nitrogens with one attached hydrogen (secondary N) is 1. The third-order valence-corrected chi connectivity index (χ3v) is 2.83. The Morgan fingerprint density at radius 1 is 1.25 bits per heavy atom. The molecule has 0 saturated heterocycles. The Labute approximate surface area is 117 Å². The van der Waals surface area contributed by atoms with Crippen LogP contribution in [0, 0.1) is 22.7 Å². The Hall–Kier alpha value is -2.92. The van der Waals surface area contributed by atoms with Crippen LogP contribution in [0.1, 0.15) is 11.3 Å². The number of anilines is 1. The zero-order chi connectivity index (χ0) is 14.4. The van der Waals surface area contributed by atoms with E-state index in [1.807, 2.05) is 49.6 Å². The molecule has 0 amide bonds. The Morgan fingerprint density at radius 3 is 2.60 bits per heavy atom. The quantitative estimate of drug-likeness (QED) is 0.901. The second-order valence-corrected chi connectivity index (χ2v) is 4.28. The number of benzene rings is 1. The van der Waals surface area contributed by atoms with Gasteiger partial charge in [-0.15, -0.1) is 0 Å². The number of nitriles is 2. The van der Waals surface area contributed by atoms with Gasteiger partial charge in [-0.3, -0.25) is 0 Å². The van der Waals surface area contributed by atoms with Crippen LogP contribution in [0.4, 0.5) is 5.69 Å². The molecule has 0 bridgehead atoms. The molecule has 20 heavy (non-hydrogen) atoms. The van der Waals surface area contributed by atoms with Crippen molar-refractivity contribution in [2.45, 2.75) is 6.54 Å². The molecule has 5 nitrogen and oxygen atoms in total. The van der Waals surface area contributed by atoms with Gasteiger partial charge in [-0.05, 0) is 35.9 Å². The molecule has 0 radical (unpaired) electrons. The molecular weight excluding hydrogens is 252 g/mol. The predicted molar refractivity (Wildman–Crippen MR) is 75.0 cm³/mol. The molecule has 0 unspecified atom stereocenters. The van der Waals surface area contributed by atoms with Crippen LogP contribution in [0.3, 0.4) is 0 Å². The van der Waals surface area contributed by atoms with E-state index in [4.69, 9.17) is 15.3 Å². The molecule has 100 valence electrons. The lowest BCUT2D eigenvalue weighted by molar-refractivity contribution is 0.368. The average molecular weight is 266 g/mol. The first kappa shape index (κ1) is 13.5. The van der Waals surface area contributed by atoms with Crippen LogP contribution in [0.25, 0.3) is 0 Å². The van der Waals surface area contributed by atoms with Gasteiger partial charge in [0.15, 0.2) is 6.61 Å². The van der Waals surface area contributed by atoms with E-state index in [9.17, 15) is 0 Å². The van der Waals surface area contributed by atoms with Crippen LogP contribution in [0.15, 0.2) is 36.5 Å². The summed E-state index contributed by atoms with van der Waals surface area (Å²) in [5.74, 6) is 0.670. The number of hydrogen-bond donors (Lipinski definition) is 1. The molecule has 2 aromatic rings. The number of rotatable bonds is 5. The monoisotopic (exact) mass is 266 g/mol. The van der Waals surface area contributed by atoms with Gasteiger partial charge < -0.3 is 14.6 Å². The summed E-state index contributed by atoms with van der Waals surface area (Å²) in [6, 6.07) is 13.3. The fourth-order valence-corrected chi connectivity index (χ4v) is 1.83. The van der Waals surface area contributed by atoms with Gasteiger partial charge in [0, 0.05) is 25.5 Å². The van der Waals surface area contributed by atoms with Crippen molar-refractivity contribution in [3.05, 3.63) is 47.8 Å². The van der Waals surface area contributed by atoms with Crippen molar-refractivity contribution in [3.63, 3.8) is 0 Å². The van der Waals surface area contributed by atoms with Crippen molar-refractivity contribution in [1.29, 1.82) is 10.5 Å². The van der Waals surface area contributed by atoms with Gasteiger partial charge in [0.25, 0.3) is 0 Å². The van der Waals surface area contributed by atoms with Crippen LogP contribution in [-0.2, 0) is 13.6 Å². The number of aryl methyl sites for hydroxylation is 1. The normalized spacial score (nSPS) is 9.55. The van der Waals surface area contributed by atoms with Crippen LogP contribution in [0.5, 0.6) is 5.75 Å². The molecule has 0 spiro atoms. The Balaban J connectivity index is 1.93. The summed E-state index contributed by atoms with van der Waals surface area (Å²) in [4.78, 5) is 0. The summed E-state index contributed by atoms with van der Waals surface area (Å²) < 4.78 is 6.98. The standard InChI is InChI=1S/C15H14N4O/c1-19-11-12(8-14(19)9-17)10-18-13-2-4-15(5-3-13)20-7-6-16/h2-5,8,11,18H,7,10H2,1H3. The molecule has 0 aliphatic carbocycles. The maximum Gasteiger partial charge on any atom is 0.174 e. The van der Waals surface area contributed by atoms with Gasteiger partial charge >= 0.3 is 0 Å². The SMILES string of the molecule is Cn1cc(CNc2ccc(OCC#N)cc2)cc1C#N. The number of ether oxygens (including phenoxy) is 1. The summed E-state index contributed by atoms with van der Waals surface area (Å²) >= 11 is 0. The second kappa shape index (κ2) is 6.31. The first-order chi connectivity index (χ1) is 9.72. The van der Waals surface area contributed by atoms with Crippen molar-refractivity contribution >= 4 is 5.69 Å². The summed E-state index contributed by atoms with van der Waals surface area (Å²) in [5.41, 5.74) is 2.65. The Bertz CT molecular complexity index is 659. The molecule has 1 N–H and O–H groups in total. The van der Waals surface area contributed by atoms with Crippen LogP contribution >= 0.6 is 0 Å². The van der Waals surface area contributed by atoms with Gasteiger partial charge in [0.2, 0.25) is 0 Å². The minimum Gasteiger partial charge on any atom is -0.479 e. The summed E-state index contributed by atoms with van der Waals surface area (Å²) in [5, 5.41) is 20.6. The van der Waals surface area contributed by atoms with E-state index in [0.29, 0.717) is 18.0 Å². The van der Waals surface area contributed by atoms with E-state index < -0.39 is 0 Å². The molecule has 1 heterocycles. The summed E-state index contributed by atoms with van der Waals surface area (Å²) in [6.07, 6.45) is 1.93. The number of hydrogen-bond acceptors (Lipinski definition) is 4. The lowest BCUT2D eigenvalue weighted by Gasteiger charge is -2.06. The Morgan fingerprint density at radius 2 is 2.00 bits per heavy atom. The lowest BCUT2D eigenvalue weighted by Crippen LogP contribution is -1.98.